The molecule has 0 radical (unpaired) electrons. The summed E-state index contributed by atoms with van der Waals surface area (Å²) in [5.74, 6) is -2.29. The number of carbonyl (C=O) groups is 1. The molecule has 3 aromatic carbocycles. The smallest absolute Gasteiger partial charge is 0.344 e. The van der Waals surface area contributed by atoms with Gasteiger partial charge >= 0.3 is 11.3 Å². The first-order chi connectivity index (χ1) is 17.9. The zero-order chi connectivity index (χ0) is 26.1. The van der Waals surface area contributed by atoms with Gasteiger partial charge in [0.05, 0.1) is 27.8 Å². The van der Waals surface area contributed by atoms with Crippen molar-refractivity contribution in [2.45, 2.75) is 19.3 Å². The van der Waals surface area contributed by atoms with E-state index in [0.29, 0.717) is 17.7 Å². The topological polar surface area (TPSA) is 130 Å². The van der Waals surface area contributed by atoms with Crippen LogP contribution < -0.4 is 16.6 Å². The summed E-state index contributed by atoms with van der Waals surface area (Å²) >= 11 is 0. The van der Waals surface area contributed by atoms with Gasteiger partial charge in [-0.25, -0.2) is 9.59 Å². The SMILES string of the molecule is CCCNC(=O)c1ccc(C(c2c(O)c3ccccc3oc2=O)c2c(O)c3ccccc3oc2=O)cc1. The quantitative estimate of drug-likeness (QED) is 0.292. The van der Waals surface area contributed by atoms with Gasteiger partial charge in [0.25, 0.3) is 5.91 Å². The van der Waals surface area contributed by atoms with Gasteiger partial charge in [0.15, 0.2) is 0 Å². The summed E-state index contributed by atoms with van der Waals surface area (Å²) in [6, 6.07) is 19.1. The Hall–Kier alpha value is -4.85. The number of benzene rings is 3. The zero-order valence-electron chi connectivity index (χ0n) is 19.9. The van der Waals surface area contributed by atoms with Crippen LogP contribution in [0.5, 0.6) is 11.5 Å². The van der Waals surface area contributed by atoms with E-state index in [2.05, 4.69) is 5.32 Å². The largest absolute Gasteiger partial charge is 0.507 e. The van der Waals surface area contributed by atoms with Crippen LogP contribution in [0, 0.1) is 0 Å². The molecule has 0 unspecified atom stereocenters. The third-order valence-corrected chi connectivity index (χ3v) is 6.26. The second-order valence-corrected chi connectivity index (χ2v) is 8.61. The zero-order valence-corrected chi connectivity index (χ0v) is 19.9. The van der Waals surface area contributed by atoms with Crippen LogP contribution in [0.2, 0.25) is 0 Å². The van der Waals surface area contributed by atoms with Crippen LogP contribution in [0.25, 0.3) is 21.9 Å². The summed E-state index contributed by atoms with van der Waals surface area (Å²) in [6.07, 6.45) is 0.778. The molecule has 0 atom stereocenters. The van der Waals surface area contributed by atoms with E-state index in [1.807, 2.05) is 6.92 Å². The molecule has 0 saturated carbocycles. The third kappa shape index (κ3) is 4.23. The van der Waals surface area contributed by atoms with Crippen molar-refractivity contribution in [2.24, 2.45) is 0 Å². The lowest BCUT2D eigenvalue weighted by molar-refractivity contribution is 0.0953. The minimum atomic E-state index is -1.26. The molecule has 2 aromatic heterocycles. The van der Waals surface area contributed by atoms with Crippen molar-refractivity contribution < 1.29 is 23.8 Å². The molecule has 8 heteroatoms. The Kier molecular flexibility index (Phi) is 6.23. The lowest BCUT2D eigenvalue weighted by Gasteiger charge is -2.20. The molecule has 0 spiro atoms. The van der Waals surface area contributed by atoms with E-state index in [1.165, 1.54) is 0 Å². The molecule has 0 fully saturated rings. The molecule has 5 aromatic rings. The predicted molar refractivity (Wildman–Crippen MR) is 138 cm³/mol. The van der Waals surface area contributed by atoms with Crippen LogP contribution in [-0.4, -0.2) is 22.7 Å². The number of aromatic hydroxyl groups is 2. The highest BCUT2D eigenvalue weighted by molar-refractivity contribution is 5.94. The first-order valence-electron chi connectivity index (χ1n) is 11.8. The van der Waals surface area contributed by atoms with Gasteiger partial charge < -0.3 is 24.4 Å². The van der Waals surface area contributed by atoms with E-state index < -0.39 is 17.2 Å². The van der Waals surface area contributed by atoms with Crippen molar-refractivity contribution in [3.63, 3.8) is 0 Å². The van der Waals surface area contributed by atoms with Gasteiger partial charge in [-0.3, -0.25) is 4.79 Å². The number of amides is 1. The number of para-hydroxylation sites is 2. The molecular formula is C29H23NO7. The van der Waals surface area contributed by atoms with Crippen LogP contribution in [0.3, 0.4) is 0 Å². The normalized spacial score (nSPS) is 11.3. The van der Waals surface area contributed by atoms with Crippen molar-refractivity contribution >= 4 is 27.8 Å². The number of carbonyl (C=O) groups excluding carboxylic acids is 1. The number of nitrogens with one attached hydrogen (secondary N) is 1. The molecule has 2 heterocycles. The van der Waals surface area contributed by atoms with Crippen LogP contribution in [0.4, 0.5) is 0 Å². The Labute approximate surface area is 210 Å². The molecule has 3 N–H and O–H groups in total. The van der Waals surface area contributed by atoms with Crippen molar-refractivity contribution in [3.8, 4) is 11.5 Å². The molecule has 1 amide bonds. The lowest BCUT2D eigenvalue weighted by Crippen LogP contribution is -2.24. The molecule has 186 valence electrons. The highest BCUT2D eigenvalue weighted by Crippen LogP contribution is 2.41. The average Bonchev–Trinajstić information content (AvgIpc) is 2.91. The summed E-state index contributed by atoms with van der Waals surface area (Å²) in [5.41, 5.74) is -1.14. The maximum atomic E-state index is 13.2. The van der Waals surface area contributed by atoms with Crippen LogP contribution >= 0.6 is 0 Å². The van der Waals surface area contributed by atoms with E-state index in [0.717, 1.165) is 6.42 Å². The Balaban J connectivity index is 1.78. The molecule has 0 aliphatic rings. The molecule has 0 saturated heterocycles. The van der Waals surface area contributed by atoms with Crippen molar-refractivity contribution in [2.75, 3.05) is 6.54 Å². The molecule has 0 aliphatic heterocycles. The minimum absolute atomic E-state index is 0.171. The summed E-state index contributed by atoms with van der Waals surface area (Å²) in [6.45, 7) is 2.46. The van der Waals surface area contributed by atoms with E-state index in [-0.39, 0.29) is 50.5 Å². The van der Waals surface area contributed by atoms with Crippen molar-refractivity contribution in [1.82, 2.24) is 5.32 Å². The fraction of sp³-hybridized carbons (Fsp3) is 0.138. The number of hydrogen-bond donors (Lipinski definition) is 3. The van der Waals surface area contributed by atoms with Gasteiger partial charge in [0.2, 0.25) is 0 Å². The van der Waals surface area contributed by atoms with Crippen LogP contribution in [-0.2, 0) is 0 Å². The second kappa shape index (κ2) is 9.66. The van der Waals surface area contributed by atoms with E-state index in [1.54, 1.807) is 72.8 Å². The first kappa shape index (κ1) is 23.9. The van der Waals surface area contributed by atoms with Crippen LogP contribution in [0.15, 0.2) is 91.2 Å². The van der Waals surface area contributed by atoms with Crippen molar-refractivity contribution in [1.29, 1.82) is 0 Å². The summed E-state index contributed by atoms with van der Waals surface area (Å²) in [5, 5.41) is 25.8. The number of hydrogen-bond acceptors (Lipinski definition) is 7. The van der Waals surface area contributed by atoms with E-state index >= 15 is 0 Å². The molecule has 37 heavy (non-hydrogen) atoms. The van der Waals surface area contributed by atoms with E-state index in [9.17, 15) is 24.6 Å². The Morgan fingerprint density at radius 2 is 1.27 bits per heavy atom. The monoisotopic (exact) mass is 497 g/mol. The maximum absolute atomic E-state index is 13.2. The van der Waals surface area contributed by atoms with Gasteiger partial charge in [-0.1, -0.05) is 43.3 Å². The Morgan fingerprint density at radius 3 is 1.76 bits per heavy atom. The second-order valence-electron chi connectivity index (χ2n) is 8.61. The number of fused-ring (bicyclic) bond motifs is 2. The molecular weight excluding hydrogens is 474 g/mol. The van der Waals surface area contributed by atoms with E-state index in [4.69, 9.17) is 8.83 Å². The van der Waals surface area contributed by atoms with Gasteiger partial charge in [0, 0.05) is 12.1 Å². The molecule has 0 aliphatic carbocycles. The fourth-order valence-electron chi connectivity index (χ4n) is 4.45. The minimum Gasteiger partial charge on any atom is -0.507 e. The summed E-state index contributed by atoms with van der Waals surface area (Å²) < 4.78 is 11.0. The van der Waals surface area contributed by atoms with Gasteiger partial charge in [-0.2, -0.15) is 0 Å². The molecule has 8 nitrogen and oxygen atoms in total. The number of rotatable bonds is 6. The van der Waals surface area contributed by atoms with Crippen LogP contribution in [0.1, 0.15) is 46.3 Å². The van der Waals surface area contributed by atoms with Gasteiger partial charge in [0.1, 0.15) is 22.7 Å². The van der Waals surface area contributed by atoms with Gasteiger partial charge in [-0.15, -0.1) is 0 Å². The lowest BCUT2D eigenvalue weighted by atomic mass is 9.84. The highest BCUT2D eigenvalue weighted by Gasteiger charge is 2.32. The average molecular weight is 498 g/mol. The Morgan fingerprint density at radius 1 is 0.784 bits per heavy atom. The first-order valence-corrected chi connectivity index (χ1v) is 11.8. The summed E-state index contributed by atoms with van der Waals surface area (Å²) in [7, 11) is 0. The maximum Gasteiger partial charge on any atom is 0.344 e. The summed E-state index contributed by atoms with van der Waals surface area (Å²) in [4.78, 5) is 38.8. The third-order valence-electron chi connectivity index (χ3n) is 6.26. The molecule has 0 bridgehead atoms. The predicted octanol–water partition coefficient (Wildman–Crippen LogP) is 4.63. The fourth-order valence-corrected chi connectivity index (χ4v) is 4.45. The molecule has 5 rings (SSSR count). The Bertz CT molecular complexity index is 1650. The highest BCUT2D eigenvalue weighted by atomic mass is 16.4. The standard InChI is InChI=1S/C29H23NO7/c1-2-15-30-27(33)17-13-11-16(12-14-17)22(23-25(31)18-7-3-5-9-20(18)36-28(23)34)24-26(32)19-8-4-6-10-21(19)37-29(24)35/h3-14,22,31-32H,2,15H2,1H3,(H,30,33). The van der Waals surface area contributed by atoms with Gasteiger partial charge in [-0.05, 0) is 48.4 Å². The van der Waals surface area contributed by atoms with Crippen molar-refractivity contribution in [3.05, 3.63) is 116 Å².